The average Bonchev–Trinajstić information content (AvgIpc) is 2.93. The third-order valence-corrected chi connectivity index (χ3v) is 5.95. The molecule has 25 heavy (non-hydrogen) atoms. The fourth-order valence-corrected chi connectivity index (χ4v) is 4.40. The molecule has 6 nitrogen and oxygen atoms in total. The van der Waals surface area contributed by atoms with E-state index < -0.39 is 9.84 Å². The zero-order chi connectivity index (χ0) is 17.9. The molecule has 7 heteroatoms. The second kappa shape index (κ2) is 7.23. The summed E-state index contributed by atoms with van der Waals surface area (Å²) in [4.78, 5) is 16.4. The Morgan fingerprint density at radius 3 is 2.56 bits per heavy atom. The Hall–Kier alpha value is -2.41. The van der Waals surface area contributed by atoms with Gasteiger partial charge in [0.25, 0.3) is 5.91 Å². The van der Waals surface area contributed by atoms with Crippen molar-refractivity contribution >= 4 is 21.6 Å². The minimum atomic E-state index is -2.93. The van der Waals surface area contributed by atoms with Gasteiger partial charge >= 0.3 is 0 Å². The number of amides is 1. The summed E-state index contributed by atoms with van der Waals surface area (Å²) in [5.74, 6) is 0.734. The van der Waals surface area contributed by atoms with Crippen LogP contribution in [0.5, 0.6) is 0 Å². The number of nitrogens with zero attached hydrogens (tertiary/aromatic N) is 1. The van der Waals surface area contributed by atoms with Crippen LogP contribution in [0.15, 0.2) is 42.6 Å². The quantitative estimate of drug-likeness (QED) is 0.851. The molecule has 1 unspecified atom stereocenters. The lowest BCUT2D eigenvalue weighted by Gasteiger charge is -2.11. The molecule has 1 amide bonds. The Morgan fingerprint density at radius 2 is 1.96 bits per heavy atom. The number of hydrogen-bond acceptors (Lipinski definition) is 5. The van der Waals surface area contributed by atoms with Gasteiger partial charge in [-0.15, -0.1) is 0 Å². The molecule has 1 saturated heterocycles. The van der Waals surface area contributed by atoms with Gasteiger partial charge in [-0.2, -0.15) is 0 Å². The van der Waals surface area contributed by atoms with E-state index in [2.05, 4.69) is 15.6 Å². The highest BCUT2D eigenvalue weighted by Gasteiger charge is 2.27. The first-order valence-electron chi connectivity index (χ1n) is 8.18. The van der Waals surface area contributed by atoms with E-state index in [0.717, 1.165) is 5.56 Å². The first-order valence-corrected chi connectivity index (χ1v) is 10.0. The van der Waals surface area contributed by atoms with Gasteiger partial charge in [0.1, 0.15) is 5.82 Å². The second-order valence-electron chi connectivity index (χ2n) is 6.34. The molecule has 132 valence electrons. The lowest BCUT2D eigenvalue weighted by atomic mass is 10.1. The predicted molar refractivity (Wildman–Crippen MR) is 97.3 cm³/mol. The third kappa shape index (κ3) is 4.79. The number of aryl methyl sites for hydroxylation is 1. The number of aromatic nitrogens is 1. The largest absolute Gasteiger partial charge is 0.366 e. The fourth-order valence-electron chi connectivity index (χ4n) is 2.72. The molecule has 0 aliphatic carbocycles. The van der Waals surface area contributed by atoms with E-state index >= 15 is 0 Å². The van der Waals surface area contributed by atoms with E-state index in [0.29, 0.717) is 24.3 Å². The molecule has 0 radical (unpaired) electrons. The number of sulfone groups is 1. The molecule has 2 heterocycles. The van der Waals surface area contributed by atoms with Crippen LogP contribution in [-0.4, -0.2) is 36.9 Å². The fraction of sp³-hybridized carbons (Fsp3) is 0.333. The van der Waals surface area contributed by atoms with Gasteiger partial charge in [-0.25, -0.2) is 13.4 Å². The molecule has 0 spiro atoms. The molecule has 1 aromatic carbocycles. The van der Waals surface area contributed by atoms with E-state index in [4.69, 9.17) is 0 Å². The first-order chi connectivity index (χ1) is 11.9. The topological polar surface area (TPSA) is 88.2 Å². The van der Waals surface area contributed by atoms with E-state index in [-0.39, 0.29) is 23.5 Å². The van der Waals surface area contributed by atoms with Gasteiger partial charge in [0, 0.05) is 18.8 Å². The molecule has 2 aromatic rings. The number of hydrogen-bond donors (Lipinski definition) is 2. The Bertz CT molecular complexity index is 846. The molecule has 1 aromatic heterocycles. The number of anilines is 1. The Labute approximate surface area is 147 Å². The lowest BCUT2D eigenvalue weighted by molar-refractivity contribution is 0.0950. The number of carbonyl (C=O) groups excluding carboxylic acids is 1. The maximum Gasteiger partial charge on any atom is 0.253 e. The van der Waals surface area contributed by atoms with Gasteiger partial charge in [-0.1, -0.05) is 29.8 Å². The van der Waals surface area contributed by atoms with Gasteiger partial charge in [-0.05, 0) is 31.0 Å². The van der Waals surface area contributed by atoms with E-state index in [9.17, 15) is 13.2 Å². The molecule has 1 atom stereocenters. The van der Waals surface area contributed by atoms with Gasteiger partial charge in [0.2, 0.25) is 0 Å². The normalized spacial score (nSPS) is 18.7. The summed E-state index contributed by atoms with van der Waals surface area (Å²) >= 11 is 0. The van der Waals surface area contributed by atoms with Crippen molar-refractivity contribution in [3.05, 3.63) is 59.3 Å². The van der Waals surface area contributed by atoms with Crippen molar-refractivity contribution in [1.82, 2.24) is 10.3 Å². The summed E-state index contributed by atoms with van der Waals surface area (Å²) < 4.78 is 22.9. The Balaban J connectivity index is 1.54. The molecule has 2 N–H and O–H groups in total. The Kier molecular flexibility index (Phi) is 5.03. The van der Waals surface area contributed by atoms with Crippen LogP contribution < -0.4 is 10.6 Å². The van der Waals surface area contributed by atoms with Gasteiger partial charge in [-0.3, -0.25) is 4.79 Å². The lowest BCUT2D eigenvalue weighted by Crippen LogP contribution is -2.23. The molecule has 0 saturated carbocycles. The molecular weight excluding hydrogens is 338 g/mol. The van der Waals surface area contributed by atoms with E-state index in [1.54, 1.807) is 12.1 Å². The molecule has 1 fully saturated rings. The second-order valence-corrected chi connectivity index (χ2v) is 8.57. The van der Waals surface area contributed by atoms with Crippen molar-refractivity contribution < 1.29 is 13.2 Å². The number of nitrogens with one attached hydrogen (secondary N) is 2. The number of pyridine rings is 1. The molecule has 3 rings (SSSR count). The smallest absolute Gasteiger partial charge is 0.253 e. The van der Waals surface area contributed by atoms with Crippen molar-refractivity contribution in [3.63, 3.8) is 0 Å². The van der Waals surface area contributed by atoms with E-state index in [1.165, 1.54) is 11.8 Å². The van der Waals surface area contributed by atoms with Gasteiger partial charge < -0.3 is 10.6 Å². The maximum absolute atomic E-state index is 12.2. The average molecular weight is 359 g/mol. The highest BCUT2D eigenvalue weighted by atomic mass is 32.2. The van der Waals surface area contributed by atoms with Crippen molar-refractivity contribution in [2.75, 3.05) is 16.8 Å². The predicted octanol–water partition coefficient (Wildman–Crippen LogP) is 1.92. The van der Waals surface area contributed by atoms with Gasteiger partial charge in [0.15, 0.2) is 9.84 Å². The summed E-state index contributed by atoms with van der Waals surface area (Å²) in [7, 11) is -2.93. The summed E-state index contributed by atoms with van der Waals surface area (Å²) in [6.07, 6.45) is 2.08. The SMILES string of the molecule is Cc1ccc(CNC(=O)c2ccc(NC3CCS(=O)(=O)C3)nc2)cc1. The minimum Gasteiger partial charge on any atom is -0.366 e. The standard InChI is InChI=1S/C18H21N3O3S/c1-13-2-4-14(5-3-13)10-20-18(22)15-6-7-17(19-11-15)21-16-8-9-25(23,24)12-16/h2-7,11,16H,8-10,12H2,1H3,(H,19,21)(H,20,22). The van der Waals surface area contributed by atoms with Crippen LogP contribution in [0.4, 0.5) is 5.82 Å². The van der Waals surface area contributed by atoms with Crippen molar-refractivity contribution in [2.24, 2.45) is 0 Å². The third-order valence-electron chi connectivity index (χ3n) is 4.18. The van der Waals surface area contributed by atoms with E-state index in [1.807, 2.05) is 31.2 Å². The number of rotatable bonds is 5. The summed E-state index contributed by atoms with van der Waals surface area (Å²) in [6.45, 7) is 2.48. The molecule has 0 bridgehead atoms. The summed E-state index contributed by atoms with van der Waals surface area (Å²) in [5.41, 5.74) is 2.68. The van der Waals surface area contributed by atoms with Crippen molar-refractivity contribution in [1.29, 1.82) is 0 Å². The zero-order valence-electron chi connectivity index (χ0n) is 14.0. The summed E-state index contributed by atoms with van der Waals surface area (Å²) in [5, 5.41) is 5.96. The number of benzene rings is 1. The minimum absolute atomic E-state index is 0.112. The van der Waals surface area contributed by atoms with Crippen LogP contribution in [0.3, 0.4) is 0 Å². The molecule has 1 aliphatic heterocycles. The zero-order valence-corrected chi connectivity index (χ0v) is 14.8. The first kappa shape index (κ1) is 17.4. The van der Waals surface area contributed by atoms with Crippen LogP contribution in [-0.2, 0) is 16.4 Å². The van der Waals surface area contributed by atoms with Crippen molar-refractivity contribution in [2.45, 2.75) is 25.9 Å². The highest BCUT2D eigenvalue weighted by Crippen LogP contribution is 2.16. The van der Waals surface area contributed by atoms with Crippen molar-refractivity contribution in [3.8, 4) is 0 Å². The molecular formula is C18H21N3O3S. The maximum atomic E-state index is 12.2. The van der Waals surface area contributed by atoms with Crippen LogP contribution in [0.25, 0.3) is 0 Å². The van der Waals surface area contributed by atoms with Crippen LogP contribution in [0.1, 0.15) is 27.9 Å². The van der Waals surface area contributed by atoms with Gasteiger partial charge in [0.05, 0.1) is 17.1 Å². The van der Waals surface area contributed by atoms with Crippen LogP contribution in [0, 0.1) is 6.92 Å². The monoisotopic (exact) mass is 359 g/mol. The molecule has 1 aliphatic rings. The highest BCUT2D eigenvalue weighted by molar-refractivity contribution is 7.91. The number of carbonyl (C=O) groups is 1. The van der Waals surface area contributed by atoms with Crippen LogP contribution >= 0.6 is 0 Å². The summed E-state index contributed by atoms with van der Waals surface area (Å²) in [6, 6.07) is 11.3. The van der Waals surface area contributed by atoms with Crippen LogP contribution in [0.2, 0.25) is 0 Å². The Morgan fingerprint density at radius 1 is 1.20 bits per heavy atom.